The Kier molecular flexibility index (Phi) is 2.75. The van der Waals surface area contributed by atoms with Crippen LogP contribution in [0.3, 0.4) is 0 Å². The van der Waals surface area contributed by atoms with Crippen LogP contribution in [0, 0.1) is 5.92 Å². The lowest BCUT2D eigenvalue weighted by Gasteiger charge is -2.35. The van der Waals surface area contributed by atoms with Gasteiger partial charge in [-0.2, -0.15) is 4.99 Å². The number of nitrogens with zero attached hydrogens (tertiary/aromatic N) is 2. The van der Waals surface area contributed by atoms with Gasteiger partial charge in [-0.3, -0.25) is 0 Å². The Balaban J connectivity index is 1.81. The highest BCUT2D eigenvalue weighted by molar-refractivity contribution is 5.77. The van der Waals surface area contributed by atoms with E-state index in [9.17, 15) is 0 Å². The van der Waals surface area contributed by atoms with Crippen LogP contribution in [0.4, 0.5) is 5.69 Å². The first-order valence-corrected chi connectivity index (χ1v) is 6.34. The van der Waals surface area contributed by atoms with Crippen LogP contribution in [-0.4, -0.2) is 30.6 Å². The van der Waals surface area contributed by atoms with E-state index in [0.29, 0.717) is 12.0 Å². The Hall–Kier alpha value is -1.51. The highest BCUT2D eigenvalue weighted by atomic mass is 16.5. The molecule has 0 aromatic heterocycles. The lowest BCUT2D eigenvalue weighted by molar-refractivity contribution is 0.0689. The molecule has 0 N–H and O–H groups in total. The summed E-state index contributed by atoms with van der Waals surface area (Å²) in [6.45, 7) is 1.08. The third-order valence-electron chi connectivity index (χ3n) is 3.66. The van der Waals surface area contributed by atoms with Gasteiger partial charge in [0.05, 0.1) is 5.69 Å². The number of rotatable bonds is 1. The van der Waals surface area contributed by atoms with E-state index in [2.05, 4.69) is 16.9 Å². The number of para-hydroxylation sites is 1. The maximum Gasteiger partial charge on any atom is 0.292 e. The molecular formula is C14H18N2O. The molecule has 2 atom stereocenters. The molecule has 1 saturated heterocycles. The third-order valence-corrected chi connectivity index (χ3v) is 3.66. The van der Waals surface area contributed by atoms with Crippen molar-refractivity contribution in [3.05, 3.63) is 30.3 Å². The zero-order chi connectivity index (χ0) is 11.7. The summed E-state index contributed by atoms with van der Waals surface area (Å²) in [5.74, 6) is 0.703. The second-order valence-electron chi connectivity index (χ2n) is 4.96. The number of amidine groups is 1. The van der Waals surface area contributed by atoms with Gasteiger partial charge in [0.1, 0.15) is 6.10 Å². The predicted molar refractivity (Wildman–Crippen MR) is 68.4 cm³/mol. The van der Waals surface area contributed by atoms with Crippen LogP contribution in [-0.2, 0) is 4.74 Å². The van der Waals surface area contributed by atoms with Gasteiger partial charge in [-0.15, -0.1) is 0 Å². The molecule has 1 aliphatic carbocycles. The van der Waals surface area contributed by atoms with Gasteiger partial charge in [0, 0.05) is 19.5 Å². The molecule has 1 aromatic carbocycles. The molecule has 1 saturated carbocycles. The van der Waals surface area contributed by atoms with Crippen LogP contribution < -0.4 is 0 Å². The first kappa shape index (κ1) is 10.6. The molecule has 90 valence electrons. The van der Waals surface area contributed by atoms with Gasteiger partial charge in [0.15, 0.2) is 0 Å². The number of aliphatic imine (C=N–C) groups is 1. The molecule has 1 heterocycles. The van der Waals surface area contributed by atoms with Crippen molar-refractivity contribution in [1.29, 1.82) is 0 Å². The number of benzene rings is 1. The van der Waals surface area contributed by atoms with Crippen LogP contribution in [0.15, 0.2) is 35.3 Å². The number of ether oxygens (including phenoxy) is 1. The van der Waals surface area contributed by atoms with Gasteiger partial charge in [-0.1, -0.05) is 18.2 Å². The molecular weight excluding hydrogens is 212 g/mol. The fourth-order valence-electron chi connectivity index (χ4n) is 2.75. The van der Waals surface area contributed by atoms with E-state index in [1.807, 2.05) is 30.3 Å². The lowest BCUT2D eigenvalue weighted by Crippen LogP contribution is -2.44. The number of hydrogen-bond donors (Lipinski definition) is 0. The Labute approximate surface area is 102 Å². The quantitative estimate of drug-likeness (QED) is 0.741. The van der Waals surface area contributed by atoms with Crippen LogP contribution in [0.5, 0.6) is 0 Å². The minimum absolute atomic E-state index is 0.397. The van der Waals surface area contributed by atoms with Gasteiger partial charge < -0.3 is 9.64 Å². The van der Waals surface area contributed by atoms with E-state index in [-0.39, 0.29) is 0 Å². The smallest absolute Gasteiger partial charge is 0.292 e. The first-order valence-electron chi connectivity index (χ1n) is 6.34. The van der Waals surface area contributed by atoms with E-state index in [0.717, 1.165) is 18.3 Å². The molecule has 0 unspecified atom stereocenters. The molecule has 17 heavy (non-hydrogen) atoms. The van der Waals surface area contributed by atoms with Gasteiger partial charge in [0.25, 0.3) is 6.02 Å². The summed E-state index contributed by atoms with van der Waals surface area (Å²) in [4.78, 5) is 6.72. The van der Waals surface area contributed by atoms with Crippen molar-refractivity contribution in [3.63, 3.8) is 0 Å². The number of hydrogen-bond acceptors (Lipinski definition) is 2. The summed E-state index contributed by atoms with van der Waals surface area (Å²) < 4.78 is 6.00. The summed E-state index contributed by atoms with van der Waals surface area (Å²) in [6.07, 6.45) is 4.18. The first-order chi connectivity index (χ1) is 8.33. The fourth-order valence-corrected chi connectivity index (χ4v) is 2.75. The SMILES string of the molecule is CN1C[C@@H]2CCC[C@H]2OC1=Nc1ccccc1. The minimum atomic E-state index is 0.397. The molecule has 2 fully saturated rings. The van der Waals surface area contributed by atoms with Crippen molar-refractivity contribution in [1.82, 2.24) is 4.90 Å². The largest absolute Gasteiger partial charge is 0.461 e. The summed E-state index contributed by atoms with van der Waals surface area (Å²) in [5, 5.41) is 0. The van der Waals surface area contributed by atoms with Crippen molar-refractivity contribution in [2.24, 2.45) is 10.9 Å². The Morgan fingerprint density at radius 2 is 2.06 bits per heavy atom. The average molecular weight is 230 g/mol. The molecule has 1 aromatic rings. The molecule has 2 aliphatic rings. The van der Waals surface area contributed by atoms with Gasteiger partial charge >= 0.3 is 0 Å². The van der Waals surface area contributed by atoms with Crippen LogP contribution in [0.2, 0.25) is 0 Å². The van der Waals surface area contributed by atoms with Crippen molar-refractivity contribution in [2.75, 3.05) is 13.6 Å². The number of fused-ring (bicyclic) bond motifs is 1. The third kappa shape index (κ3) is 2.14. The molecule has 0 bridgehead atoms. The second kappa shape index (κ2) is 4.40. The van der Waals surface area contributed by atoms with Crippen molar-refractivity contribution in [3.8, 4) is 0 Å². The highest BCUT2D eigenvalue weighted by Gasteiger charge is 2.36. The zero-order valence-electron chi connectivity index (χ0n) is 10.2. The summed E-state index contributed by atoms with van der Waals surface area (Å²) in [7, 11) is 2.07. The monoisotopic (exact) mass is 230 g/mol. The van der Waals surface area contributed by atoms with Gasteiger partial charge in [0.2, 0.25) is 0 Å². The van der Waals surface area contributed by atoms with E-state index < -0.39 is 0 Å². The fraction of sp³-hybridized carbons (Fsp3) is 0.500. The van der Waals surface area contributed by atoms with Gasteiger partial charge in [-0.25, -0.2) is 0 Å². The maximum absolute atomic E-state index is 6.00. The van der Waals surface area contributed by atoms with Crippen LogP contribution >= 0.6 is 0 Å². The summed E-state index contributed by atoms with van der Waals surface area (Å²) in [6, 6.07) is 10.8. The van der Waals surface area contributed by atoms with Crippen LogP contribution in [0.25, 0.3) is 0 Å². The standard InChI is InChI=1S/C14H18N2O/c1-16-10-11-6-5-9-13(11)17-14(16)15-12-7-3-2-4-8-12/h2-4,7-8,11,13H,5-6,9-10H2,1H3/t11-,13+/m0/s1. The van der Waals surface area contributed by atoms with Crippen LogP contribution in [0.1, 0.15) is 19.3 Å². The highest BCUT2D eigenvalue weighted by Crippen LogP contribution is 2.32. The predicted octanol–water partition coefficient (Wildman–Crippen LogP) is 2.80. The Bertz CT molecular complexity index is 415. The molecule has 0 spiro atoms. The van der Waals surface area contributed by atoms with E-state index in [4.69, 9.17) is 4.74 Å². The normalized spacial score (nSPS) is 30.2. The topological polar surface area (TPSA) is 24.8 Å². The van der Waals surface area contributed by atoms with Crippen molar-refractivity contribution >= 4 is 11.7 Å². The molecule has 0 radical (unpaired) electrons. The lowest BCUT2D eigenvalue weighted by atomic mass is 10.0. The second-order valence-corrected chi connectivity index (χ2v) is 4.96. The van der Waals surface area contributed by atoms with Crippen molar-refractivity contribution < 1.29 is 4.74 Å². The van der Waals surface area contributed by atoms with E-state index in [1.165, 1.54) is 19.3 Å². The van der Waals surface area contributed by atoms with E-state index >= 15 is 0 Å². The molecule has 1 aliphatic heterocycles. The van der Waals surface area contributed by atoms with Crippen molar-refractivity contribution in [2.45, 2.75) is 25.4 Å². The average Bonchev–Trinajstić information content (AvgIpc) is 2.78. The maximum atomic E-state index is 6.00. The molecule has 0 amide bonds. The van der Waals surface area contributed by atoms with Gasteiger partial charge in [-0.05, 0) is 31.4 Å². The molecule has 3 rings (SSSR count). The Morgan fingerprint density at radius 1 is 1.24 bits per heavy atom. The van der Waals surface area contributed by atoms with E-state index in [1.54, 1.807) is 0 Å². The zero-order valence-corrected chi connectivity index (χ0v) is 10.2. The Morgan fingerprint density at radius 3 is 2.88 bits per heavy atom. The summed E-state index contributed by atoms with van der Waals surface area (Å²) >= 11 is 0. The molecule has 3 nitrogen and oxygen atoms in total. The molecule has 3 heteroatoms. The summed E-state index contributed by atoms with van der Waals surface area (Å²) in [5.41, 5.74) is 0.964. The minimum Gasteiger partial charge on any atom is -0.461 e.